The van der Waals surface area contributed by atoms with Crippen LogP contribution in [0.15, 0.2) is 0 Å². The molecule has 60 valence electrons. The zero-order valence-electron chi connectivity index (χ0n) is 6.35. The van der Waals surface area contributed by atoms with Gasteiger partial charge in [-0.25, -0.2) is 4.79 Å². The van der Waals surface area contributed by atoms with Crippen LogP contribution in [0.25, 0.3) is 0 Å². The van der Waals surface area contributed by atoms with Gasteiger partial charge in [-0.3, -0.25) is 0 Å². The van der Waals surface area contributed by atoms with Crippen LogP contribution in [-0.2, 0) is 0 Å². The maximum atomic E-state index is 10.0. The van der Waals surface area contributed by atoms with Crippen molar-refractivity contribution < 1.29 is 9.90 Å². The van der Waals surface area contributed by atoms with Crippen molar-refractivity contribution in [3.63, 3.8) is 0 Å². The van der Waals surface area contributed by atoms with Gasteiger partial charge in [-0.2, -0.15) is 0 Å². The molecule has 4 N–H and O–H groups in total. The smallest absolute Gasteiger partial charge is 0.404 e. The number of carbonyl (C=O) groups is 1. The molecular weight excluding hydrogens is 132 g/mol. The third-order valence-corrected chi connectivity index (χ3v) is 1.27. The van der Waals surface area contributed by atoms with E-state index in [1.165, 1.54) is 0 Å². The average molecular weight is 146 g/mol. The summed E-state index contributed by atoms with van der Waals surface area (Å²) in [6.07, 6.45) is -0.999. The molecule has 0 atom stereocenters. The van der Waals surface area contributed by atoms with E-state index < -0.39 is 6.09 Å². The Hall–Kier alpha value is -0.770. The van der Waals surface area contributed by atoms with Crippen molar-refractivity contribution in [2.24, 2.45) is 11.1 Å². The van der Waals surface area contributed by atoms with Crippen molar-refractivity contribution in [2.45, 2.75) is 13.8 Å². The summed E-state index contributed by atoms with van der Waals surface area (Å²) < 4.78 is 0. The van der Waals surface area contributed by atoms with Crippen LogP contribution >= 0.6 is 0 Å². The van der Waals surface area contributed by atoms with E-state index in [1.807, 2.05) is 13.8 Å². The number of rotatable bonds is 3. The van der Waals surface area contributed by atoms with E-state index in [4.69, 9.17) is 10.8 Å². The summed E-state index contributed by atoms with van der Waals surface area (Å²) in [7, 11) is 0. The van der Waals surface area contributed by atoms with Crippen molar-refractivity contribution >= 4 is 6.09 Å². The van der Waals surface area contributed by atoms with Crippen molar-refractivity contribution in [2.75, 3.05) is 13.1 Å². The van der Waals surface area contributed by atoms with Crippen LogP contribution in [0.4, 0.5) is 4.79 Å². The molecular formula is C6H14N2O2. The largest absolute Gasteiger partial charge is 0.465 e. The topological polar surface area (TPSA) is 75.3 Å². The minimum absolute atomic E-state index is 0.140. The highest BCUT2D eigenvalue weighted by atomic mass is 16.4. The van der Waals surface area contributed by atoms with Crippen molar-refractivity contribution in [1.29, 1.82) is 0 Å². The molecule has 0 bridgehead atoms. The zero-order chi connectivity index (χ0) is 8.20. The Kier molecular flexibility index (Phi) is 3.15. The first-order valence-corrected chi connectivity index (χ1v) is 3.15. The Morgan fingerprint density at radius 2 is 2.20 bits per heavy atom. The third-order valence-electron chi connectivity index (χ3n) is 1.27. The van der Waals surface area contributed by atoms with E-state index in [2.05, 4.69) is 5.32 Å². The molecule has 0 saturated carbocycles. The van der Waals surface area contributed by atoms with Crippen LogP contribution in [-0.4, -0.2) is 24.3 Å². The summed E-state index contributed by atoms with van der Waals surface area (Å²) in [6, 6.07) is 0. The number of hydrogen-bond acceptors (Lipinski definition) is 2. The summed E-state index contributed by atoms with van der Waals surface area (Å²) in [5.41, 5.74) is 5.22. The first-order chi connectivity index (χ1) is 4.48. The first-order valence-electron chi connectivity index (χ1n) is 3.15. The summed E-state index contributed by atoms with van der Waals surface area (Å²) >= 11 is 0. The Balaban J connectivity index is 3.56. The molecule has 0 spiro atoms. The molecule has 10 heavy (non-hydrogen) atoms. The second kappa shape index (κ2) is 3.41. The van der Waals surface area contributed by atoms with Crippen LogP contribution in [0.2, 0.25) is 0 Å². The fraction of sp³-hybridized carbons (Fsp3) is 0.833. The predicted octanol–water partition coefficient (Wildman–Crippen LogP) is 0.239. The van der Waals surface area contributed by atoms with E-state index in [1.54, 1.807) is 0 Å². The third kappa shape index (κ3) is 4.14. The molecule has 0 aliphatic rings. The molecule has 0 unspecified atom stereocenters. The number of carboxylic acid groups (broad SMARTS) is 1. The van der Waals surface area contributed by atoms with Gasteiger partial charge >= 0.3 is 6.09 Å². The lowest BCUT2D eigenvalue weighted by atomic mass is 9.94. The number of nitrogens with two attached hydrogens (primary N) is 1. The Bertz CT molecular complexity index is 123. The van der Waals surface area contributed by atoms with Crippen molar-refractivity contribution in [1.82, 2.24) is 5.32 Å². The maximum Gasteiger partial charge on any atom is 0.404 e. The Morgan fingerprint density at radius 3 is 2.50 bits per heavy atom. The van der Waals surface area contributed by atoms with Gasteiger partial charge in [-0.15, -0.1) is 0 Å². The molecule has 0 aliphatic carbocycles. The summed E-state index contributed by atoms with van der Waals surface area (Å²) in [5.74, 6) is 0. The molecule has 0 aromatic carbocycles. The minimum Gasteiger partial charge on any atom is -0.465 e. The molecule has 0 aromatic rings. The Morgan fingerprint density at radius 1 is 1.70 bits per heavy atom. The standard InChI is InChI=1S/C6H14N2O2/c1-6(2,3-7)4-8-5(9)10/h8H,3-4,7H2,1-2H3,(H,9,10). The summed E-state index contributed by atoms with van der Waals surface area (Å²) in [5, 5.41) is 10.5. The van der Waals surface area contributed by atoms with E-state index in [9.17, 15) is 4.79 Å². The van der Waals surface area contributed by atoms with Gasteiger partial charge in [0.15, 0.2) is 0 Å². The quantitative estimate of drug-likeness (QED) is 0.533. The van der Waals surface area contributed by atoms with Crippen LogP contribution < -0.4 is 11.1 Å². The second-order valence-electron chi connectivity index (χ2n) is 3.03. The lowest BCUT2D eigenvalue weighted by molar-refractivity contribution is 0.188. The fourth-order valence-corrected chi connectivity index (χ4v) is 0.387. The fourth-order valence-electron chi connectivity index (χ4n) is 0.387. The van der Waals surface area contributed by atoms with Gasteiger partial charge in [0.05, 0.1) is 0 Å². The highest BCUT2D eigenvalue weighted by Gasteiger charge is 2.15. The lowest BCUT2D eigenvalue weighted by Gasteiger charge is -2.21. The van der Waals surface area contributed by atoms with Crippen LogP contribution in [0.5, 0.6) is 0 Å². The highest BCUT2D eigenvalue weighted by Crippen LogP contribution is 2.09. The summed E-state index contributed by atoms with van der Waals surface area (Å²) in [4.78, 5) is 10.0. The van der Waals surface area contributed by atoms with Crippen molar-refractivity contribution in [3.8, 4) is 0 Å². The molecule has 0 radical (unpaired) electrons. The first kappa shape index (κ1) is 9.23. The monoisotopic (exact) mass is 146 g/mol. The van der Waals surface area contributed by atoms with E-state index >= 15 is 0 Å². The van der Waals surface area contributed by atoms with E-state index in [0.717, 1.165) is 0 Å². The molecule has 0 aromatic heterocycles. The SMILES string of the molecule is CC(C)(CN)CNC(=O)O. The molecule has 1 amide bonds. The van der Waals surface area contributed by atoms with Crippen LogP contribution in [0.3, 0.4) is 0 Å². The maximum absolute atomic E-state index is 10.0. The van der Waals surface area contributed by atoms with Gasteiger partial charge in [0.2, 0.25) is 0 Å². The molecule has 4 nitrogen and oxygen atoms in total. The average Bonchev–Trinajstić information content (AvgIpc) is 1.85. The van der Waals surface area contributed by atoms with Gasteiger partial charge < -0.3 is 16.2 Å². The van der Waals surface area contributed by atoms with Gasteiger partial charge in [0, 0.05) is 6.54 Å². The number of amides is 1. The van der Waals surface area contributed by atoms with Crippen LogP contribution in [0, 0.1) is 5.41 Å². The molecule has 0 aliphatic heterocycles. The van der Waals surface area contributed by atoms with Gasteiger partial charge in [-0.1, -0.05) is 13.8 Å². The van der Waals surface area contributed by atoms with Crippen molar-refractivity contribution in [3.05, 3.63) is 0 Å². The molecule has 4 heteroatoms. The predicted molar refractivity (Wildman–Crippen MR) is 38.9 cm³/mol. The molecule has 0 saturated heterocycles. The molecule has 0 rings (SSSR count). The molecule has 0 heterocycles. The van der Waals surface area contributed by atoms with Gasteiger partial charge in [-0.05, 0) is 12.0 Å². The van der Waals surface area contributed by atoms with Crippen LogP contribution in [0.1, 0.15) is 13.8 Å². The van der Waals surface area contributed by atoms with Gasteiger partial charge in [0.25, 0.3) is 0 Å². The lowest BCUT2D eigenvalue weighted by Crippen LogP contribution is -2.37. The van der Waals surface area contributed by atoms with E-state index in [-0.39, 0.29) is 5.41 Å². The van der Waals surface area contributed by atoms with E-state index in [0.29, 0.717) is 13.1 Å². The zero-order valence-corrected chi connectivity index (χ0v) is 6.35. The highest BCUT2D eigenvalue weighted by molar-refractivity contribution is 5.64. The number of hydrogen-bond donors (Lipinski definition) is 3. The minimum atomic E-state index is -0.999. The molecule has 0 fully saturated rings. The van der Waals surface area contributed by atoms with Gasteiger partial charge in [0.1, 0.15) is 0 Å². The second-order valence-corrected chi connectivity index (χ2v) is 3.03. The normalized spacial score (nSPS) is 11.1. The summed E-state index contributed by atoms with van der Waals surface area (Å²) in [6.45, 7) is 4.69. The number of nitrogens with one attached hydrogen (secondary N) is 1. The Labute approximate surface area is 60.4 Å².